The zero-order chi connectivity index (χ0) is 10.6. The fraction of sp³-hybridized carbons (Fsp3) is 0.455. The predicted molar refractivity (Wildman–Crippen MR) is 66.4 cm³/mol. The molecular weight excluding hydrogens is 214 g/mol. The van der Waals surface area contributed by atoms with Crippen molar-refractivity contribution < 1.29 is 0 Å². The Labute approximate surface area is 95.2 Å². The van der Waals surface area contributed by atoms with Crippen LogP contribution in [0.2, 0.25) is 5.02 Å². The van der Waals surface area contributed by atoms with Crippen molar-refractivity contribution in [3.05, 3.63) is 34.3 Å². The van der Waals surface area contributed by atoms with Gasteiger partial charge in [0.05, 0.1) is 0 Å². The van der Waals surface area contributed by atoms with Crippen LogP contribution >= 0.6 is 23.4 Å². The summed E-state index contributed by atoms with van der Waals surface area (Å²) >= 11 is 7.91. The van der Waals surface area contributed by atoms with Gasteiger partial charge < -0.3 is 5.32 Å². The van der Waals surface area contributed by atoms with Gasteiger partial charge >= 0.3 is 0 Å². The molecule has 0 heterocycles. The molecule has 0 bridgehead atoms. The summed E-state index contributed by atoms with van der Waals surface area (Å²) in [5.41, 5.74) is 2.40. The predicted octanol–water partition coefficient (Wildman–Crippen LogP) is 3.27. The monoisotopic (exact) mass is 229 g/mol. The van der Waals surface area contributed by atoms with Crippen LogP contribution in [0.5, 0.6) is 0 Å². The Morgan fingerprint density at radius 1 is 1.50 bits per heavy atom. The van der Waals surface area contributed by atoms with Crippen molar-refractivity contribution in [1.29, 1.82) is 0 Å². The lowest BCUT2D eigenvalue weighted by atomic mass is 10.1. The van der Waals surface area contributed by atoms with Gasteiger partial charge in [0.15, 0.2) is 0 Å². The van der Waals surface area contributed by atoms with E-state index in [1.807, 2.05) is 31.8 Å². The fourth-order valence-corrected chi connectivity index (χ4v) is 2.22. The van der Waals surface area contributed by atoms with Gasteiger partial charge in [-0.1, -0.05) is 23.7 Å². The van der Waals surface area contributed by atoms with Gasteiger partial charge in [0.25, 0.3) is 0 Å². The summed E-state index contributed by atoms with van der Waals surface area (Å²) in [6.45, 7) is 2.02. The average molecular weight is 230 g/mol. The first-order chi connectivity index (χ1) is 6.69. The highest BCUT2D eigenvalue weighted by Crippen LogP contribution is 2.22. The number of aryl methyl sites for hydroxylation is 1. The highest BCUT2D eigenvalue weighted by molar-refractivity contribution is 7.98. The van der Waals surface area contributed by atoms with Crippen molar-refractivity contribution in [2.24, 2.45) is 0 Å². The van der Waals surface area contributed by atoms with Crippen molar-refractivity contribution >= 4 is 23.4 Å². The number of hydrogen-bond donors (Lipinski definition) is 1. The van der Waals surface area contributed by atoms with Crippen molar-refractivity contribution in [2.45, 2.75) is 13.0 Å². The summed E-state index contributed by atoms with van der Waals surface area (Å²) in [7, 11) is 1.98. The maximum Gasteiger partial charge on any atom is 0.0438 e. The van der Waals surface area contributed by atoms with E-state index in [1.54, 1.807) is 0 Å². The third kappa shape index (κ3) is 2.91. The quantitative estimate of drug-likeness (QED) is 0.851. The van der Waals surface area contributed by atoms with Crippen LogP contribution in [-0.4, -0.2) is 19.1 Å². The Balaban J connectivity index is 2.88. The van der Waals surface area contributed by atoms with Crippen LogP contribution in [0, 0.1) is 6.92 Å². The largest absolute Gasteiger partial charge is 0.312 e. The van der Waals surface area contributed by atoms with E-state index in [9.17, 15) is 0 Å². The van der Waals surface area contributed by atoms with Gasteiger partial charge in [-0.05, 0) is 37.4 Å². The lowest BCUT2D eigenvalue weighted by Crippen LogP contribution is -2.18. The Kier molecular flexibility index (Phi) is 4.79. The van der Waals surface area contributed by atoms with Crippen molar-refractivity contribution in [2.75, 3.05) is 19.1 Å². The minimum Gasteiger partial charge on any atom is -0.312 e. The van der Waals surface area contributed by atoms with Gasteiger partial charge in [-0.2, -0.15) is 11.8 Å². The molecule has 0 radical (unpaired) electrons. The minimum atomic E-state index is 0.392. The molecule has 0 saturated heterocycles. The summed E-state index contributed by atoms with van der Waals surface area (Å²) in [6.07, 6.45) is 2.11. The Bertz CT molecular complexity index is 301. The minimum absolute atomic E-state index is 0.392. The molecule has 1 N–H and O–H groups in total. The first-order valence-electron chi connectivity index (χ1n) is 4.61. The summed E-state index contributed by atoms with van der Waals surface area (Å²) < 4.78 is 0. The summed E-state index contributed by atoms with van der Waals surface area (Å²) in [5.74, 6) is 1.07. The number of halogens is 1. The lowest BCUT2D eigenvalue weighted by molar-refractivity contribution is 0.662. The number of benzene rings is 1. The highest BCUT2D eigenvalue weighted by atomic mass is 35.5. The van der Waals surface area contributed by atoms with E-state index in [0.717, 1.165) is 16.3 Å². The maximum absolute atomic E-state index is 6.08. The zero-order valence-electron chi connectivity index (χ0n) is 8.80. The van der Waals surface area contributed by atoms with Crippen LogP contribution < -0.4 is 5.32 Å². The molecule has 0 aliphatic heterocycles. The number of thioether (sulfide) groups is 1. The van der Waals surface area contributed by atoms with Gasteiger partial charge in [-0.25, -0.2) is 0 Å². The van der Waals surface area contributed by atoms with E-state index in [0.29, 0.717) is 6.04 Å². The molecule has 3 heteroatoms. The smallest absolute Gasteiger partial charge is 0.0438 e. The second kappa shape index (κ2) is 5.64. The number of nitrogens with one attached hydrogen (secondary N) is 1. The first kappa shape index (κ1) is 11.9. The highest BCUT2D eigenvalue weighted by Gasteiger charge is 2.08. The fourth-order valence-electron chi connectivity index (χ4n) is 1.34. The van der Waals surface area contributed by atoms with Crippen LogP contribution in [0.3, 0.4) is 0 Å². The van der Waals surface area contributed by atoms with E-state index < -0.39 is 0 Å². The van der Waals surface area contributed by atoms with E-state index in [4.69, 9.17) is 11.6 Å². The molecule has 0 saturated carbocycles. The van der Waals surface area contributed by atoms with Gasteiger partial charge in [-0.3, -0.25) is 0 Å². The van der Waals surface area contributed by atoms with Crippen LogP contribution in [-0.2, 0) is 0 Å². The average Bonchev–Trinajstić information content (AvgIpc) is 2.19. The molecule has 1 aromatic carbocycles. The standard InChI is InChI=1S/C11H16ClNS/c1-8-4-5-9(6-10(8)12)11(13-2)7-14-3/h4-6,11,13H,7H2,1-3H3. The number of hydrogen-bond acceptors (Lipinski definition) is 2. The van der Waals surface area contributed by atoms with Crippen LogP contribution in [0.25, 0.3) is 0 Å². The Hall–Kier alpha value is -0.180. The van der Waals surface area contributed by atoms with Gasteiger partial charge in [0, 0.05) is 16.8 Å². The van der Waals surface area contributed by atoms with Crippen LogP contribution in [0.15, 0.2) is 18.2 Å². The summed E-state index contributed by atoms with van der Waals surface area (Å²) in [5, 5.41) is 4.14. The topological polar surface area (TPSA) is 12.0 Å². The summed E-state index contributed by atoms with van der Waals surface area (Å²) in [4.78, 5) is 0. The third-order valence-corrected chi connectivity index (χ3v) is 3.35. The van der Waals surface area contributed by atoms with Crippen molar-refractivity contribution in [3.63, 3.8) is 0 Å². The molecule has 1 nitrogen and oxygen atoms in total. The molecule has 0 aliphatic carbocycles. The van der Waals surface area contributed by atoms with Gasteiger partial charge in [0.2, 0.25) is 0 Å². The molecule has 1 unspecified atom stereocenters. The normalized spacial score (nSPS) is 12.9. The second-order valence-corrected chi connectivity index (χ2v) is 4.62. The third-order valence-electron chi connectivity index (χ3n) is 2.28. The zero-order valence-corrected chi connectivity index (χ0v) is 10.4. The molecular formula is C11H16ClNS. The Morgan fingerprint density at radius 3 is 2.71 bits per heavy atom. The molecule has 0 amide bonds. The van der Waals surface area contributed by atoms with Gasteiger partial charge in [-0.15, -0.1) is 0 Å². The molecule has 1 rings (SSSR count). The SMILES string of the molecule is CNC(CSC)c1ccc(C)c(Cl)c1. The maximum atomic E-state index is 6.08. The Morgan fingerprint density at radius 2 is 2.21 bits per heavy atom. The van der Waals surface area contributed by atoms with E-state index in [2.05, 4.69) is 23.7 Å². The molecule has 14 heavy (non-hydrogen) atoms. The van der Waals surface area contributed by atoms with Crippen molar-refractivity contribution in [1.82, 2.24) is 5.32 Å². The first-order valence-corrected chi connectivity index (χ1v) is 6.38. The molecule has 0 aromatic heterocycles. The molecule has 78 valence electrons. The van der Waals surface area contributed by atoms with E-state index >= 15 is 0 Å². The molecule has 0 aliphatic rings. The second-order valence-electron chi connectivity index (χ2n) is 3.31. The van der Waals surface area contributed by atoms with E-state index in [1.165, 1.54) is 5.56 Å². The molecule has 1 aromatic rings. The van der Waals surface area contributed by atoms with E-state index in [-0.39, 0.29) is 0 Å². The van der Waals surface area contributed by atoms with Crippen molar-refractivity contribution in [3.8, 4) is 0 Å². The van der Waals surface area contributed by atoms with Crippen LogP contribution in [0.1, 0.15) is 17.2 Å². The molecule has 0 spiro atoms. The molecule has 1 atom stereocenters. The lowest BCUT2D eigenvalue weighted by Gasteiger charge is -2.16. The molecule has 0 fully saturated rings. The number of rotatable bonds is 4. The van der Waals surface area contributed by atoms with Crippen LogP contribution in [0.4, 0.5) is 0 Å². The summed E-state index contributed by atoms with van der Waals surface area (Å²) in [6, 6.07) is 6.65. The van der Waals surface area contributed by atoms with Gasteiger partial charge in [0.1, 0.15) is 0 Å².